The van der Waals surface area contributed by atoms with E-state index in [1.165, 1.54) is 108 Å². The smallest absolute Gasteiger partial charge is 0.347 e. The number of halogens is 5. The summed E-state index contributed by atoms with van der Waals surface area (Å²) in [5.74, 6) is -9.79. The molecular weight excluding hydrogens is 1460 g/mol. The van der Waals surface area contributed by atoms with Crippen molar-refractivity contribution in [2.45, 2.75) is 192 Å². The van der Waals surface area contributed by atoms with Gasteiger partial charge in [-0.2, -0.15) is 13.2 Å². The first kappa shape index (κ1) is 83.1. The highest BCUT2D eigenvalue weighted by Crippen LogP contribution is 2.37. The maximum absolute atomic E-state index is 15.6. The zero-order valence-corrected chi connectivity index (χ0v) is 64.3. The van der Waals surface area contributed by atoms with E-state index in [2.05, 4.69) is 38.5 Å². The third-order valence-corrected chi connectivity index (χ3v) is 21.9. The van der Waals surface area contributed by atoms with Crippen LogP contribution in [0, 0.1) is 22.3 Å². The topological polar surface area (TPSA) is 270 Å². The first-order valence-electron chi connectivity index (χ1n) is 34.7. The van der Waals surface area contributed by atoms with E-state index in [-0.39, 0.29) is 57.1 Å². The predicted octanol–water partition coefficient (Wildman–Crippen LogP) is 5.73. The number of fused-ring (bicyclic) bond motifs is 1. The normalized spacial score (nSPS) is 25.1. The van der Waals surface area contributed by atoms with E-state index in [9.17, 15) is 46.7 Å². The molecular formula is C73H101ClF3IN12O12. The van der Waals surface area contributed by atoms with Crippen molar-refractivity contribution in [2.24, 2.45) is 11.8 Å². The van der Waals surface area contributed by atoms with Gasteiger partial charge in [-0.15, -0.1) is 0 Å². The third-order valence-electron chi connectivity index (χ3n) is 20.9. The third kappa shape index (κ3) is 19.7. The van der Waals surface area contributed by atoms with Crippen LogP contribution in [0.2, 0.25) is 5.02 Å². The summed E-state index contributed by atoms with van der Waals surface area (Å²) in [5, 5.41) is 7.97. The molecule has 3 aliphatic rings. The molecule has 12 amide bonds. The second-order valence-corrected chi connectivity index (χ2v) is 29.7. The van der Waals surface area contributed by atoms with E-state index < -0.39 is 172 Å². The minimum Gasteiger partial charge on any atom is -0.347 e. The number of nitrogens with zero attached hydrogens (tertiary/aromatic N) is 9. The highest BCUT2D eigenvalue weighted by atomic mass is 127. The minimum absolute atomic E-state index is 0.0632. The molecule has 0 radical (unpaired) electrons. The molecule has 1 saturated carbocycles. The van der Waals surface area contributed by atoms with Gasteiger partial charge in [-0.05, 0) is 128 Å². The summed E-state index contributed by atoms with van der Waals surface area (Å²) in [6.45, 7) is 11.3. The first-order valence-corrected chi connectivity index (χ1v) is 36.1. The van der Waals surface area contributed by atoms with E-state index in [0.717, 1.165) is 40.9 Å². The van der Waals surface area contributed by atoms with Gasteiger partial charge >= 0.3 is 6.18 Å². The van der Waals surface area contributed by atoms with Crippen molar-refractivity contribution in [1.82, 2.24) is 60.0 Å². The molecule has 0 aromatic heterocycles. The van der Waals surface area contributed by atoms with Crippen molar-refractivity contribution < 1.29 is 70.7 Å². The van der Waals surface area contributed by atoms with Crippen LogP contribution in [0.25, 0.3) is 0 Å². The van der Waals surface area contributed by atoms with Crippen LogP contribution < -0.4 is 16.0 Å². The maximum atomic E-state index is 15.6. The van der Waals surface area contributed by atoms with Gasteiger partial charge in [0.15, 0.2) is 0 Å². The van der Waals surface area contributed by atoms with E-state index in [4.69, 9.17) is 11.6 Å². The van der Waals surface area contributed by atoms with Gasteiger partial charge < -0.3 is 60.0 Å². The molecule has 1 aliphatic carbocycles. The number of alkyl halides is 3. The summed E-state index contributed by atoms with van der Waals surface area (Å²) in [7, 11) is 12.5. The average Bonchev–Trinajstić information content (AvgIpc) is 1.18. The Morgan fingerprint density at radius 1 is 0.657 bits per heavy atom. The highest BCUT2D eigenvalue weighted by Gasteiger charge is 2.51. The highest BCUT2D eigenvalue weighted by molar-refractivity contribution is 14.1. The Bertz CT molecular complexity index is 3580. The molecule has 102 heavy (non-hydrogen) atoms. The van der Waals surface area contributed by atoms with Crippen LogP contribution >= 0.6 is 34.2 Å². The predicted molar refractivity (Wildman–Crippen MR) is 386 cm³/mol. The monoisotopic (exact) mass is 1560 g/mol. The van der Waals surface area contributed by atoms with Crippen molar-refractivity contribution >= 4 is 105 Å². The van der Waals surface area contributed by atoms with Gasteiger partial charge in [-0.25, -0.2) is 0 Å². The van der Waals surface area contributed by atoms with Crippen molar-refractivity contribution in [1.29, 1.82) is 0 Å². The number of likely N-dealkylation sites (N-methyl/N-ethyl adjacent to an activating group) is 8. The number of carbonyl (C=O) groups excluding carboxylic acids is 12. The van der Waals surface area contributed by atoms with Crippen molar-refractivity contribution in [3.05, 3.63) is 103 Å². The summed E-state index contributed by atoms with van der Waals surface area (Å²) >= 11 is 8.30. The molecule has 11 atom stereocenters. The lowest BCUT2D eigenvalue weighted by atomic mass is 9.90. The van der Waals surface area contributed by atoms with Crippen molar-refractivity contribution in [3.63, 3.8) is 0 Å². The maximum Gasteiger partial charge on any atom is 0.417 e. The number of hydrogen-bond donors (Lipinski definition) is 3. The van der Waals surface area contributed by atoms with E-state index in [0.29, 0.717) is 36.8 Å². The fourth-order valence-corrected chi connectivity index (χ4v) is 13.9. The average molecular weight is 1560 g/mol. The Morgan fingerprint density at radius 2 is 1.22 bits per heavy atom. The van der Waals surface area contributed by atoms with Gasteiger partial charge in [0.2, 0.25) is 70.9 Å². The van der Waals surface area contributed by atoms with Gasteiger partial charge in [0.05, 0.1) is 23.6 Å². The van der Waals surface area contributed by atoms with E-state index in [1.807, 2.05) is 26.0 Å². The minimum atomic E-state index is -4.79. The Morgan fingerprint density at radius 3 is 1.75 bits per heavy atom. The standard InChI is InChI=1S/C73H101ClF3IN12O12/c1-17-43(4)60-69(100)85(12)46(7)64(95)90-36-33-54(90)68(99)87(14)56(39-48-23-21-42(3)22-24-48)67(98)83(10)41-58(91)79-53(32-28-47-27-31-51(52(74)37-47)73(75,76)77)65(96)86(13)55(38-49-25-29-50(78)30-26-49)63(94)81-72(34-19-20-35-72)71(102)89(16)61(44(5)18-2)70(101)88(15)57(66(97)82(8)9)40-59(92)84(11)45(6)62(93)80-60/h21-27,29-31,37,43-46,53-57,60-61H,17-20,28,32-36,38-41H2,1-16H3,(H,79,91)(H,80,93)(H,81,94)/t43-,44-,45-,46-,53-,54-,55-,56-,57-,60-,61-/m0/s1. The molecule has 1 spiro atoms. The zero-order valence-electron chi connectivity index (χ0n) is 61.4. The summed E-state index contributed by atoms with van der Waals surface area (Å²) in [6, 6.07) is 5.51. The molecule has 3 aromatic carbocycles. The van der Waals surface area contributed by atoms with Gasteiger partial charge in [0, 0.05) is 86.4 Å². The van der Waals surface area contributed by atoms with E-state index >= 15 is 24.0 Å². The summed E-state index contributed by atoms with van der Waals surface area (Å²) < 4.78 is 42.7. The molecule has 3 N–H and O–H groups in total. The fourth-order valence-electron chi connectivity index (χ4n) is 13.3. The lowest BCUT2D eigenvalue weighted by Gasteiger charge is -2.45. The van der Waals surface area contributed by atoms with Crippen LogP contribution in [0.4, 0.5) is 13.2 Å². The van der Waals surface area contributed by atoms with Crippen LogP contribution in [-0.4, -0.2) is 251 Å². The molecule has 2 aliphatic heterocycles. The molecule has 3 fully saturated rings. The number of nitrogens with one attached hydrogen (secondary N) is 3. The Kier molecular flexibility index (Phi) is 28.9. The van der Waals surface area contributed by atoms with Crippen molar-refractivity contribution in [3.8, 4) is 0 Å². The van der Waals surface area contributed by atoms with Crippen LogP contribution in [0.3, 0.4) is 0 Å². The molecule has 3 aromatic rings. The van der Waals surface area contributed by atoms with Crippen LogP contribution in [-0.2, 0) is 83.0 Å². The molecule has 560 valence electrons. The molecule has 0 bridgehead atoms. The fraction of sp³-hybridized carbons (Fsp3) is 0.589. The van der Waals surface area contributed by atoms with E-state index in [1.54, 1.807) is 57.2 Å². The molecule has 2 saturated heterocycles. The Balaban J connectivity index is 1.48. The molecule has 6 rings (SSSR count). The second-order valence-electron chi connectivity index (χ2n) is 28.1. The molecule has 2 heterocycles. The van der Waals surface area contributed by atoms with Crippen LogP contribution in [0.1, 0.15) is 127 Å². The summed E-state index contributed by atoms with van der Waals surface area (Å²) in [5.41, 5.74) is -0.405. The lowest BCUT2D eigenvalue weighted by molar-refractivity contribution is -0.160. The lowest BCUT2D eigenvalue weighted by Crippen LogP contribution is -2.65. The number of hydrogen-bond acceptors (Lipinski definition) is 12. The van der Waals surface area contributed by atoms with Gasteiger partial charge in [-0.1, -0.05) is 113 Å². The second kappa shape index (κ2) is 35.5. The number of carbonyl (C=O) groups is 12. The number of amides is 12. The molecule has 29 heteroatoms. The van der Waals surface area contributed by atoms with Crippen LogP contribution in [0.5, 0.6) is 0 Å². The van der Waals surface area contributed by atoms with Gasteiger partial charge in [0.1, 0.15) is 59.9 Å². The SMILES string of the molecule is CC[C@H](C)[C@@H]1NC(=O)[C@H](C)N(C)C(=O)C[C@@H](C(=O)N(C)C)N(C)C(=O)[C@H]([C@@H](C)CC)N(C)C(=O)C2(CCCC2)NC(=O)[C@H](Cc2ccc(I)cc2)N(C)C(=O)[C@H](CCc2ccc(C(F)(F)F)c(Cl)c2)NC(=O)CN(C)C(=O)[C@H](Cc2ccc(C)cc2)N(C)C(=O)[C@@H]2CCN2C(=O)[C@H](C)N(C)C1=O. The zero-order chi connectivity index (χ0) is 76.3. The Hall–Kier alpha value is -7.89. The number of benzene rings is 3. The largest absolute Gasteiger partial charge is 0.417 e. The van der Waals surface area contributed by atoms with Crippen molar-refractivity contribution in [2.75, 3.05) is 76.5 Å². The van der Waals surface area contributed by atoms with Gasteiger partial charge in [-0.3, -0.25) is 57.5 Å². The van der Waals surface area contributed by atoms with Crippen LogP contribution in [0.15, 0.2) is 66.7 Å². The first-order chi connectivity index (χ1) is 47.7. The molecule has 24 nitrogen and oxygen atoms in total. The number of rotatable bonds is 12. The summed E-state index contributed by atoms with van der Waals surface area (Å²) in [6.07, 6.45) is -4.08. The molecule has 0 unspecified atom stereocenters. The number of aryl methyl sites for hydroxylation is 2. The quantitative estimate of drug-likeness (QED) is 0.184. The van der Waals surface area contributed by atoms with Gasteiger partial charge in [0.25, 0.3) is 0 Å². The Labute approximate surface area is 615 Å². The summed E-state index contributed by atoms with van der Waals surface area (Å²) in [4.78, 5) is 190.